The SMILES string of the molecule is CCc1nc2ccc(Br)cn2c1C(=O)N(CCO)Cc1ccccc1. The van der Waals surface area contributed by atoms with E-state index in [4.69, 9.17) is 0 Å². The number of amides is 1. The Bertz CT molecular complexity index is 877. The molecule has 25 heavy (non-hydrogen) atoms. The van der Waals surface area contributed by atoms with E-state index in [1.54, 1.807) is 4.90 Å². The lowest BCUT2D eigenvalue weighted by Crippen LogP contribution is -2.34. The number of aliphatic hydroxyl groups excluding tert-OH is 1. The lowest BCUT2D eigenvalue weighted by molar-refractivity contribution is 0.0699. The van der Waals surface area contributed by atoms with E-state index < -0.39 is 0 Å². The van der Waals surface area contributed by atoms with Gasteiger partial charge in [0.25, 0.3) is 5.91 Å². The number of rotatable bonds is 6. The molecule has 2 aromatic heterocycles. The van der Waals surface area contributed by atoms with Gasteiger partial charge in [-0.25, -0.2) is 4.98 Å². The zero-order valence-corrected chi connectivity index (χ0v) is 15.6. The van der Waals surface area contributed by atoms with E-state index in [-0.39, 0.29) is 19.1 Å². The van der Waals surface area contributed by atoms with Crippen molar-refractivity contribution in [1.82, 2.24) is 14.3 Å². The van der Waals surface area contributed by atoms with Gasteiger partial charge in [-0.2, -0.15) is 0 Å². The maximum absolute atomic E-state index is 13.2. The first-order chi connectivity index (χ1) is 12.1. The second-order valence-corrected chi connectivity index (χ2v) is 6.69. The molecule has 0 aliphatic rings. The number of fused-ring (bicyclic) bond motifs is 1. The molecule has 2 heterocycles. The van der Waals surface area contributed by atoms with Crippen LogP contribution in [-0.2, 0) is 13.0 Å². The van der Waals surface area contributed by atoms with E-state index in [9.17, 15) is 9.90 Å². The zero-order chi connectivity index (χ0) is 17.8. The van der Waals surface area contributed by atoms with Gasteiger partial charge >= 0.3 is 0 Å². The Morgan fingerprint density at radius 2 is 2.00 bits per heavy atom. The highest BCUT2D eigenvalue weighted by molar-refractivity contribution is 9.10. The van der Waals surface area contributed by atoms with Crippen LogP contribution in [0.1, 0.15) is 28.7 Å². The number of aliphatic hydroxyl groups is 1. The minimum atomic E-state index is -0.125. The highest BCUT2D eigenvalue weighted by atomic mass is 79.9. The van der Waals surface area contributed by atoms with Crippen LogP contribution in [0, 0.1) is 0 Å². The maximum Gasteiger partial charge on any atom is 0.273 e. The van der Waals surface area contributed by atoms with E-state index in [2.05, 4.69) is 20.9 Å². The van der Waals surface area contributed by atoms with E-state index in [1.165, 1.54) is 0 Å². The Morgan fingerprint density at radius 3 is 2.68 bits per heavy atom. The van der Waals surface area contributed by atoms with Crippen LogP contribution in [0.5, 0.6) is 0 Å². The number of pyridine rings is 1. The first kappa shape index (κ1) is 17.6. The number of hydrogen-bond acceptors (Lipinski definition) is 3. The van der Waals surface area contributed by atoms with Gasteiger partial charge in [-0.05, 0) is 40.0 Å². The maximum atomic E-state index is 13.2. The van der Waals surface area contributed by atoms with Crippen LogP contribution in [-0.4, -0.2) is 38.4 Å². The minimum absolute atomic E-state index is 0.0829. The van der Waals surface area contributed by atoms with Crippen LogP contribution in [0.2, 0.25) is 0 Å². The van der Waals surface area contributed by atoms with Gasteiger partial charge in [-0.15, -0.1) is 0 Å². The molecule has 0 radical (unpaired) electrons. The Hall–Kier alpha value is -2.18. The summed E-state index contributed by atoms with van der Waals surface area (Å²) in [7, 11) is 0. The quantitative estimate of drug-likeness (QED) is 0.689. The summed E-state index contributed by atoms with van der Waals surface area (Å²) in [5.74, 6) is -0.125. The van der Waals surface area contributed by atoms with Crippen molar-refractivity contribution in [3.05, 3.63) is 70.1 Å². The van der Waals surface area contributed by atoms with Crippen molar-refractivity contribution < 1.29 is 9.90 Å². The molecule has 0 aliphatic carbocycles. The number of hydrogen-bond donors (Lipinski definition) is 1. The largest absolute Gasteiger partial charge is 0.395 e. The van der Waals surface area contributed by atoms with Crippen LogP contribution in [0.15, 0.2) is 53.1 Å². The van der Waals surface area contributed by atoms with Crippen LogP contribution >= 0.6 is 15.9 Å². The number of nitrogens with zero attached hydrogens (tertiary/aromatic N) is 3. The number of carbonyl (C=O) groups excluding carboxylic acids is 1. The normalized spacial score (nSPS) is 11.0. The minimum Gasteiger partial charge on any atom is -0.395 e. The second-order valence-electron chi connectivity index (χ2n) is 5.77. The van der Waals surface area contributed by atoms with E-state index >= 15 is 0 Å². The van der Waals surface area contributed by atoms with Crippen molar-refractivity contribution in [2.45, 2.75) is 19.9 Å². The third-order valence-corrected chi connectivity index (χ3v) is 4.53. The van der Waals surface area contributed by atoms with Crippen molar-refractivity contribution in [2.24, 2.45) is 0 Å². The Morgan fingerprint density at radius 1 is 1.24 bits per heavy atom. The molecule has 5 nitrogen and oxygen atoms in total. The molecule has 0 unspecified atom stereocenters. The molecule has 0 bridgehead atoms. The lowest BCUT2D eigenvalue weighted by Gasteiger charge is -2.22. The fourth-order valence-electron chi connectivity index (χ4n) is 2.87. The van der Waals surface area contributed by atoms with E-state index in [0.717, 1.165) is 21.4 Å². The van der Waals surface area contributed by atoms with Crippen LogP contribution in [0.25, 0.3) is 5.65 Å². The van der Waals surface area contributed by atoms with Crippen molar-refractivity contribution in [3.8, 4) is 0 Å². The first-order valence-electron chi connectivity index (χ1n) is 8.24. The smallest absolute Gasteiger partial charge is 0.273 e. The lowest BCUT2D eigenvalue weighted by atomic mass is 10.2. The molecule has 0 spiro atoms. The molecule has 1 amide bonds. The van der Waals surface area contributed by atoms with E-state index in [1.807, 2.05) is 60.0 Å². The summed E-state index contributed by atoms with van der Waals surface area (Å²) in [5, 5.41) is 9.42. The summed E-state index contributed by atoms with van der Waals surface area (Å²) in [5.41, 5.74) is 3.09. The van der Waals surface area contributed by atoms with Gasteiger partial charge in [-0.3, -0.25) is 9.20 Å². The van der Waals surface area contributed by atoms with Gasteiger partial charge in [0.15, 0.2) is 0 Å². The van der Waals surface area contributed by atoms with Crippen molar-refractivity contribution in [1.29, 1.82) is 0 Å². The molecule has 0 aliphatic heterocycles. The number of benzene rings is 1. The van der Waals surface area contributed by atoms with Gasteiger partial charge in [0.05, 0.1) is 12.3 Å². The molecular formula is C19H20BrN3O2. The standard InChI is InChI=1S/C19H20BrN3O2/c1-2-16-18(23-13-15(20)8-9-17(23)21-16)19(25)22(10-11-24)12-14-6-4-3-5-7-14/h3-9,13,24H,2,10-12H2,1H3. The third kappa shape index (κ3) is 3.75. The molecule has 0 saturated carbocycles. The van der Waals surface area contributed by atoms with Gasteiger partial charge in [-0.1, -0.05) is 37.3 Å². The highest BCUT2D eigenvalue weighted by Gasteiger charge is 2.23. The first-order valence-corrected chi connectivity index (χ1v) is 9.04. The third-order valence-electron chi connectivity index (χ3n) is 4.07. The molecule has 6 heteroatoms. The van der Waals surface area contributed by atoms with Crippen molar-refractivity contribution in [2.75, 3.05) is 13.2 Å². The monoisotopic (exact) mass is 401 g/mol. The Balaban J connectivity index is 2.01. The summed E-state index contributed by atoms with van der Waals surface area (Å²) in [6.45, 7) is 2.63. The highest BCUT2D eigenvalue weighted by Crippen LogP contribution is 2.20. The van der Waals surface area contributed by atoms with Crippen LogP contribution in [0.3, 0.4) is 0 Å². The Kier molecular flexibility index (Phi) is 5.50. The molecule has 3 aromatic rings. The molecule has 0 fully saturated rings. The molecule has 1 N–H and O–H groups in total. The average Bonchev–Trinajstić information content (AvgIpc) is 2.99. The fourth-order valence-corrected chi connectivity index (χ4v) is 3.20. The summed E-state index contributed by atoms with van der Waals surface area (Å²) >= 11 is 3.45. The number of imidazole rings is 1. The number of carbonyl (C=O) groups is 1. The predicted octanol–water partition coefficient (Wildman–Crippen LogP) is 3.29. The van der Waals surface area contributed by atoms with E-state index in [0.29, 0.717) is 18.7 Å². The molecule has 0 saturated heterocycles. The molecule has 3 rings (SSSR count). The second kappa shape index (κ2) is 7.80. The number of aryl methyl sites for hydroxylation is 1. The van der Waals surface area contributed by atoms with Crippen molar-refractivity contribution in [3.63, 3.8) is 0 Å². The number of aromatic nitrogens is 2. The summed E-state index contributed by atoms with van der Waals surface area (Å²) in [4.78, 5) is 19.5. The average molecular weight is 402 g/mol. The van der Waals surface area contributed by atoms with Crippen LogP contribution < -0.4 is 0 Å². The van der Waals surface area contributed by atoms with Gasteiger partial charge in [0, 0.05) is 23.8 Å². The molecule has 1 aromatic carbocycles. The van der Waals surface area contributed by atoms with Gasteiger partial charge in [0.1, 0.15) is 11.3 Å². The molecular weight excluding hydrogens is 382 g/mol. The summed E-state index contributed by atoms with van der Waals surface area (Å²) < 4.78 is 2.70. The molecule has 130 valence electrons. The zero-order valence-electron chi connectivity index (χ0n) is 14.0. The number of halogens is 1. The van der Waals surface area contributed by atoms with Crippen molar-refractivity contribution >= 4 is 27.5 Å². The topological polar surface area (TPSA) is 57.8 Å². The molecule has 0 atom stereocenters. The summed E-state index contributed by atoms with van der Waals surface area (Å²) in [6.07, 6.45) is 2.52. The van der Waals surface area contributed by atoms with Crippen LogP contribution in [0.4, 0.5) is 0 Å². The van der Waals surface area contributed by atoms with Gasteiger partial charge in [0.2, 0.25) is 0 Å². The summed E-state index contributed by atoms with van der Waals surface area (Å²) in [6, 6.07) is 13.6. The van der Waals surface area contributed by atoms with Gasteiger partial charge < -0.3 is 10.0 Å². The predicted molar refractivity (Wildman–Crippen MR) is 101 cm³/mol. The fraction of sp³-hybridized carbons (Fsp3) is 0.263. The Labute approximate surface area is 155 Å².